The molecular weight excluding hydrogens is 314 g/mol. The van der Waals surface area contributed by atoms with Crippen LogP contribution in [0.25, 0.3) is 0 Å². The van der Waals surface area contributed by atoms with Gasteiger partial charge >= 0.3 is 0 Å². The molecule has 0 saturated carbocycles. The van der Waals surface area contributed by atoms with E-state index in [0.29, 0.717) is 24.7 Å². The average Bonchev–Trinajstić information content (AvgIpc) is 2.85. The van der Waals surface area contributed by atoms with Crippen LogP contribution in [0.5, 0.6) is 11.5 Å². The van der Waals surface area contributed by atoms with Gasteiger partial charge < -0.3 is 19.5 Å². The first-order valence-corrected chi connectivity index (χ1v) is 6.92. The molecule has 0 aromatic heterocycles. The van der Waals surface area contributed by atoms with Crippen LogP contribution in [0, 0.1) is 0 Å². The first kappa shape index (κ1) is 14.1. The summed E-state index contributed by atoms with van der Waals surface area (Å²) < 4.78 is 16.6. The predicted octanol–water partition coefficient (Wildman–Crippen LogP) is 2.22. The predicted molar refractivity (Wildman–Crippen MR) is 73.2 cm³/mol. The minimum Gasteiger partial charge on any atom is -0.454 e. The van der Waals surface area contributed by atoms with Gasteiger partial charge in [-0.25, -0.2) is 0 Å². The van der Waals surface area contributed by atoms with Gasteiger partial charge in [-0.15, -0.1) is 0 Å². The summed E-state index contributed by atoms with van der Waals surface area (Å²) in [6.45, 7) is 3.36. The van der Waals surface area contributed by atoms with Crippen molar-refractivity contribution in [3.8, 4) is 11.5 Å². The van der Waals surface area contributed by atoms with Crippen LogP contribution in [-0.4, -0.2) is 25.9 Å². The Kier molecular flexibility index (Phi) is 5.04. The summed E-state index contributed by atoms with van der Waals surface area (Å²) in [5.41, 5.74) is 0.944. The summed E-state index contributed by atoms with van der Waals surface area (Å²) in [6, 6.07) is 3.76. The zero-order chi connectivity index (χ0) is 13.7. The maximum Gasteiger partial charge on any atom is 0.246 e. The third kappa shape index (κ3) is 3.84. The summed E-state index contributed by atoms with van der Waals surface area (Å²) in [5.74, 6) is 1.28. The zero-order valence-corrected chi connectivity index (χ0v) is 12.3. The number of carbonyl (C=O) groups is 1. The molecule has 0 radical (unpaired) electrons. The fourth-order valence-corrected chi connectivity index (χ4v) is 2.29. The molecule has 0 aliphatic carbocycles. The number of fused-ring (bicyclic) bond motifs is 1. The molecule has 0 atom stereocenters. The van der Waals surface area contributed by atoms with Gasteiger partial charge in [-0.3, -0.25) is 4.79 Å². The molecule has 5 nitrogen and oxygen atoms in total. The van der Waals surface area contributed by atoms with Crippen LogP contribution < -0.4 is 14.8 Å². The Morgan fingerprint density at radius 1 is 1.47 bits per heavy atom. The van der Waals surface area contributed by atoms with E-state index in [2.05, 4.69) is 21.2 Å². The topological polar surface area (TPSA) is 56.8 Å². The standard InChI is InChI=1S/C13H16BrNO4/c1-2-3-17-7-12(16)15-6-9-4-10(14)13-11(5-9)18-8-19-13/h4-5H,2-3,6-8H2,1H3,(H,15,16). The van der Waals surface area contributed by atoms with Gasteiger partial charge in [-0.05, 0) is 40.0 Å². The molecule has 0 spiro atoms. The Balaban J connectivity index is 1.86. The molecule has 0 saturated heterocycles. The van der Waals surface area contributed by atoms with Crippen molar-refractivity contribution in [1.82, 2.24) is 5.32 Å². The third-order valence-corrected chi connectivity index (χ3v) is 3.15. The van der Waals surface area contributed by atoms with Crippen molar-refractivity contribution in [3.63, 3.8) is 0 Å². The lowest BCUT2D eigenvalue weighted by Crippen LogP contribution is -2.27. The lowest BCUT2D eigenvalue weighted by Gasteiger charge is -2.07. The van der Waals surface area contributed by atoms with Crippen LogP contribution in [0.4, 0.5) is 0 Å². The fraction of sp³-hybridized carbons (Fsp3) is 0.462. The number of carbonyl (C=O) groups excluding carboxylic acids is 1. The summed E-state index contributed by atoms with van der Waals surface area (Å²) in [6.07, 6.45) is 0.905. The highest BCUT2D eigenvalue weighted by Gasteiger charge is 2.17. The van der Waals surface area contributed by atoms with E-state index in [1.54, 1.807) is 0 Å². The second-order valence-corrected chi connectivity index (χ2v) is 5.00. The molecule has 104 valence electrons. The van der Waals surface area contributed by atoms with Gasteiger partial charge in [0, 0.05) is 13.2 Å². The summed E-state index contributed by atoms with van der Waals surface area (Å²) in [7, 11) is 0. The molecule has 6 heteroatoms. The molecule has 19 heavy (non-hydrogen) atoms. The molecule has 2 rings (SSSR count). The molecular formula is C13H16BrNO4. The molecule has 0 unspecified atom stereocenters. The van der Waals surface area contributed by atoms with Gasteiger partial charge in [-0.1, -0.05) is 6.92 Å². The van der Waals surface area contributed by atoms with E-state index in [-0.39, 0.29) is 19.3 Å². The largest absolute Gasteiger partial charge is 0.454 e. The van der Waals surface area contributed by atoms with E-state index >= 15 is 0 Å². The van der Waals surface area contributed by atoms with Crippen molar-refractivity contribution in [3.05, 3.63) is 22.2 Å². The molecule has 1 aliphatic rings. The van der Waals surface area contributed by atoms with E-state index in [1.165, 1.54) is 0 Å². The van der Waals surface area contributed by atoms with Crippen LogP contribution >= 0.6 is 15.9 Å². The van der Waals surface area contributed by atoms with E-state index in [0.717, 1.165) is 16.5 Å². The number of nitrogens with one attached hydrogen (secondary N) is 1. The van der Waals surface area contributed by atoms with Crippen molar-refractivity contribution in [2.45, 2.75) is 19.9 Å². The highest BCUT2D eigenvalue weighted by molar-refractivity contribution is 9.10. The van der Waals surface area contributed by atoms with Crippen molar-refractivity contribution in [2.75, 3.05) is 20.0 Å². The third-order valence-electron chi connectivity index (χ3n) is 2.56. The summed E-state index contributed by atoms with van der Waals surface area (Å²) >= 11 is 3.41. The SMILES string of the molecule is CCCOCC(=O)NCc1cc(Br)c2c(c1)OCO2. The number of amides is 1. The molecule has 1 N–H and O–H groups in total. The average molecular weight is 330 g/mol. The maximum absolute atomic E-state index is 11.5. The quantitative estimate of drug-likeness (QED) is 0.813. The maximum atomic E-state index is 11.5. The molecule has 1 aliphatic heterocycles. The van der Waals surface area contributed by atoms with Gasteiger partial charge in [0.1, 0.15) is 6.61 Å². The van der Waals surface area contributed by atoms with E-state index in [9.17, 15) is 4.79 Å². The molecule has 1 amide bonds. The van der Waals surface area contributed by atoms with Crippen LogP contribution in [0.15, 0.2) is 16.6 Å². The first-order chi connectivity index (χ1) is 9.20. The van der Waals surface area contributed by atoms with E-state index in [4.69, 9.17) is 14.2 Å². The lowest BCUT2D eigenvalue weighted by molar-refractivity contribution is -0.125. The zero-order valence-electron chi connectivity index (χ0n) is 10.7. The van der Waals surface area contributed by atoms with Crippen LogP contribution in [0.2, 0.25) is 0 Å². The molecule has 0 bridgehead atoms. The van der Waals surface area contributed by atoms with Crippen molar-refractivity contribution >= 4 is 21.8 Å². The van der Waals surface area contributed by atoms with Crippen molar-refractivity contribution < 1.29 is 19.0 Å². The van der Waals surface area contributed by atoms with Gasteiger partial charge in [0.15, 0.2) is 11.5 Å². The summed E-state index contributed by atoms with van der Waals surface area (Å²) in [4.78, 5) is 11.5. The normalized spacial score (nSPS) is 12.5. The molecule has 1 aromatic carbocycles. The van der Waals surface area contributed by atoms with Gasteiger partial charge in [0.2, 0.25) is 12.7 Å². The smallest absolute Gasteiger partial charge is 0.246 e. The van der Waals surface area contributed by atoms with Crippen LogP contribution in [0.3, 0.4) is 0 Å². The summed E-state index contributed by atoms with van der Waals surface area (Å²) in [5, 5.41) is 2.80. The number of halogens is 1. The van der Waals surface area contributed by atoms with Crippen LogP contribution in [0.1, 0.15) is 18.9 Å². The number of hydrogen-bond donors (Lipinski definition) is 1. The minimum atomic E-state index is -0.123. The van der Waals surface area contributed by atoms with Gasteiger partial charge in [0.05, 0.1) is 4.47 Å². The van der Waals surface area contributed by atoms with E-state index < -0.39 is 0 Å². The number of benzene rings is 1. The molecule has 0 fully saturated rings. The Morgan fingerprint density at radius 3 is 3.11 bits per heavy atom. The highest BCUT2D eigenvalue weighted by Crippen LogP contribution is 2.39. The van der Waals surface area contributed by atoms with Gasteiger partial charge in [-0.2, -0.15) is 0 Å². The van der Waals surface area contributed by atoms with Crippen molar-refractivity contribution in [1.29, 1.82) is 0 Å². The van der Waals surface area contributed by atoms with Crippen molar-refractivity contribution in [2.24, 2.45) is 0 Å². The van der Waals surface area contributed by atoms with Gasteiger partial charge in [0.25, 0.3) is 0 Å². The second-order valence-electron chi connectivity index (χ2n) is 4.14. The van der Waals surface area contributed by atoms with E-state index in [1.807, 2.05) is 19.1 Å². The first-order valence-electron chi connectivity index (χ1n) is 6.13. The molecule has 1 aromatic rings. The molecule has 1 heterocycles. The number of rotatable bonds is 6. The lowest BCUT2D eigenvalue weighted by atomic mass is 10.2. The minimum absolute atomic E-state index is 0.0968. The number of hydrogen-bond acceptors (Lipinski definition) is 4. The fourth-order valence-electron chi connectivity index (χ4n) is 1.68. The number of ether oxygens (including phenoxy) is 3. The Bertz CT molecular complexity index is 464. The second kappa shape index (κ2) is 6.77. The highest BCUT2D eigenvalue weighted by atomic mass is 79.9. The Hall–Kier alpha value is -1.27. The Morgan fingerprint density at radius 2 is 2.32 bits per heavy atom. The Labute approximate surface area is 120 Å². The van der Waals surface area contributed by atoms with Crippen LogP contribution in [-0.2, 0) is 16.1 Å². The monoisotopic (exact) mass is 329 g/mol.